The number of aromatic carboxylic acids is 1. The lowest BCUT2D eigenvalue weighted by Gasteiger charge is -2.39. The molecule has 31 heteroatoms. The molecule has 0 saturated carbocycles. The summed E-state index contributed by atoms with van der Waals surface area (Å²) >= 11 is 0. The molecule has 2 amide bonds. The van der Waals surface area contributed by atoms with Gasteiger partial charge in [0.15, 0.2) is 23.5 Å². The quantitative estimate of drug-likeness (QED) is 0.0389. The van der Waals surface area contributed by atoms with Gasteiger partial charge in [0.2, 0.25) is 11.3 Å². The average Bonchev–Trinajstić information content (AvgIpc) is 3.93. The minimum atomic E-state index is -5.94. The van der Waals surface area contributed by atoms with Crippen molar-refractivity contribution in [3.8, 4) is 11.5 Å². The molecule has 0 spiro atoms. The zero-order valence-corrected chi connectivity index (χ0v) is 43.2. The van der Waals surface area contributed by atoms with Crippen LogP contribution >= 0.6 is 23.5 Å². The number of anilines is 2. The van der Waals surface area contributed by atoms with Crippen molar-refractivity contribution in [1.82, 2.24) is 34.7 Å². The number of imidazole rings is 1. The van der Waals surface area contributed by atoms with Gasteiger partial charge in [0.1, 0.15) is 36.8 Å². The smallest absolute Gasteiger partial charge is 0.478 e. The lowest BCUT2D eigenvalue weighted by Crippen LogP contribution is -2.45. The Hall–Kier alpha value is -6.38. The molecule has 408 valence electrons. The van der Waals surface area contributed by atoms with E-state index in [2.05, 4.69) is 55.8 Å². The second kappa shape index (κ2) is 20.1. The monoisotopic (exact) mass is 1130 g/mol. The zero-order valence-electron chi connectivity index (χ0n) is 40.5. The number of carbonyl (C=O) groups excluding carboxylic acids is 2. The number of fused-ring (bicyclic) bond motifs is 5. The molecule has 0 radical (unpaired) electrons. The number of aliphatic hydroxyl groups is 1. The highest BCUT2D eigenvalue weighted by molar-refractivity contribution is 7.66. The number of nitrogens with zero attached hydrogens (tertiary/aromatic N) is 5. The molecule has 77 heavy (non-hydrogen) atoms. The molecule has 11 rings (SSSR count). The first-order chi connectivity index (χ1) is 36.6. The predicted octanol–water partition coefficient (Wildman–Crippen LogP) is 0.962. The lowest BCUT2D eigenvalue weighted by atomic mass is 9.81. The number of phosphoric acid groups is 3. The van der Waals surface area contributed by atoms with Crippen molar-refractivity contribution in [3.63, 3.8) is 0 Å². The van der Waals surface area contributed by atoms with Crippen LogP contribution in [0.3, 0.4) is 0 Å². The van der Waals surface area contributed by atoms with E-state index >= 15 is 0 Å². The van der Waals surface area contributed by atoms with Crippen molar-refractivity contribution in [3.05, 3.63) is 102 Å². The number of hydrogen-bond acceptors (Lipinski definition) is 18. The highest BCUT2D eigenvalue weighted by atomic mass is 31.3. The third-order valence-corrected chi connectivity index (χ3v) is 18.0. The number of rotatable bonds is 15. The Balaban J connectivity index is 0.843. The standard InChI is InChI=1S/C46H50N9O19P3/c47-45-51-40-33(42(58)52-45)50-21-55(40)43-36(56)39(31(70-43)20-69-76(65,66)74-77(67,68)73-75(62,63)64)72-46(61)49-12-11-48-41(57)24-9-10-25(44(59)60)28(19-24)32-29-17-22-5-1-13-53-15-3-7-26(34(22)53)37(29)71-38-27-8-4-16-54-14-2-6-23(35(27)54)18-30(32)38/h9-10,17-19,21,31,36,39,43,56H,1-8,11-16,20H2,(H9-,47,48,49,51,52,57,58,59,60,61,62,63,64,65,66,67,68)/p+1/t31-,36-,39-,43-/m1/s1. The lowest BCUT2D eigenvalue weighted by molar-refractivity contribution is -0.0508. The molecule has 8 heterocycles. The van der Waals surface area contributed by atoms with Crippen LogP contribution in [0.4, 0.5) is 16.4 Å². The van der Waals surface area contributed by atoms with E-state index in [1.54, 1.807) is 6.07 Å². The Morgan fingerprint density at radius 2 is 1.61 bits per heavy atom. The molecule has 1 saturated heterocycles. The number of nitrogens with two attached hydrogens (primary N) is 1. The van der Waals surface area contributed by atoms with E-state index in [1.807, 2.05) is 0 Å². The fourth-order valence-electron chi connectivity index (χ4n) is 11.3. The largest absolute Gasteiger partial charge is 0.490 e. The number of H-pyrrole nitrogens is 1. The number of aryl methyl sites for hydroxylation is 2. The maximum atomic E-state index is 14.0. The third kappa shape index (κ3) is 10.2. The number of aliphatic hydroxyl groups excluding tert-OH is 1. The summed E-state index contributed by atoms with van der Waals surface area (Å²) in [4.78, 5) is 103. The van der Waals surface area contributed by atoms with Crippen molar-refractivity contribution in [1.29, 1.82) is 0 Å². The molecular weight excluding hydrogens is 1080 g/mol. The number of aromatic nitrogens is 4. The summed E-state index contributed by atoms with van der Waals surface area (Å²) in [5.41, 5.74) is 12.1. The summed E-state index contributed by atoms with van der Waals surface area (Å²) in [6, 6.07) is 8.63. The van der Waals surface area contributed by atoms with E-state index in [1.165, 1.54) is 23.2 Å². The molecule has 1 fully saturated rings. The number of amides is 2. The molecule has 2 unspecified atom stereocenters. The van der Waals surface area contributed by atoms with Crippen molar-refractivity contribution in [2.45, 2.75) is 75.9 Å². The molecule has 2 aromatic heterocycles. The van der Waals surface area contributed by atoms with Crippen molar-refractivity contribution in [2.24, 2.45) is 0 Å². The van der Waals surface area contributed by atoms with Crippen LogP contribution in [0.15, 0.2) is 41.5 Å². The molecule has 0 aliphatic carbocycles. The molecule has 3 aromatic carbocycles. The Morgan fingerprint density at radius 3 is 2.38 bits per heavy atom. The number of phosphoric ester groups is 1. The molecule has 6 aliphatic rings. The zero-order chi connectivity index (χ0) is 54.3. The van der Waals surface area contributed by atoms with Crippen LogP contribution in [0.2, 0.25) is 0 Å². The third-order valence-electron chi connectivity index (χ3n) is 14.2. The number of nitrogens with one attached hydrogen (secondary N) is 3. The second-order valence-corrected chi connectivity index (χ2v) is 23.6. The van der Waals surface area contributed by atoms with Gasteiger partial charge in [-0.25, -0.2) is 32.8 Å². The summed E-state index contributed by atoms with van der Waals surface area (Å²) < 4.78 is 69.8. The number of benzene rings is 3. The Kier molecular flexibility index (Phi) is 13.8. The first-order valence-corrected chi connectivity index (χ1v) is 29.0. The molecule has 28 nitrogen and oxygen atoms in total. The van der Waals surface area contributed by atoms with Crippen molar-refractivity contribution >= 4 is 69.8 Å². The first kappa shape index (κ1) is 52.7. The molecular formula is C46H51N9O19P3+. The number of nitrogen functional groups attached to an aromatic ring is 1. The number of aromatic amines is 1. The molecule has 6 atom stereocenters. The molecule has 6 aliphatic heterocycles. The van der Waals surface area contributed by atoms with Gasteiger partial charge in [-0.15, -0.1) is 0 Å². The molecule has 11 N–H and O–H groups in total. The topological polar surface area (TPSA) is 399 Å². The Bertz CT molecular complexity index is 3670. The van der Waals surface area contributed by atoms with Gasteiger partial charge in [0, 0.05) is 77.8 Å². The van der Waals surface area contributed by atoms with Gasteiger partial charge >= 0.3 is 35.5 Å². The summed E-state index contributed by atoms with van der Waals surface area (Å²) in [6.45, 7) is 2.06. The fraction of sp³-hybridized carbons (Fsp3) is 0.413. The summed E-state index contributed by atoms with van der Waals surface area (Å²) in [7, 11) is -17.4. The molecule has 0 bridgehead atoms. The van der Waals surface area contributed by atoms with E-state index in [-0.39, 0.29) is 41.3 Å². The van der Waals surface area contributed by atoms with Gasteiger partial charge in [-0.1, -0.05) is 0 Å². The summed E-state index contributed by atoms with van der Waals surface area (Å²) in [5.74, 6) is -0.752. The van der Waals surface area contributed by atoms with Crippen LogP contribution in [-0.2, 0) is 62.0 Å². The van der Waals surface area contributed by atoms with Gasteiger partial charge in [-0.2, -0.15) is 13.6 Å². The second-order valence-electron chi connectivity index (χ2n) is 19.2. The van der Waals surface area contributed by atoms with Gasteiger partial charge in [-0.05, 0) is 80.0 Å². The van der Waals surface area contributed by atoms with Crippen LogP contribution in [0.1, 0.15) is 86.0 Å². The minimum Gasteiger partial charge on any atom is -0.478 e. The normalized spacial score (nSPS) is 21.9. The van der Waals surface area contributed by atoms with E-state index in [4.69, 9.17) is 34.3 Å². The van der Waals surface area contributed by atoms with Crippen LogP contribution in [0.25, 0.3) is 16.7 Å². The average molecular weight is 1130 g/mol. The minimum absolute atomic E-state index is 0.0170. The van der Waals surface area contributed by atoms with E-state index in [0.717, 1.165) is 121 Å². The number of carbonyl (C=O) groups is 3. The van der Waals surface area contributed by atoms with E-state index < -0.39 is 78.1 Å². The van der Waals surface area contributed by atoms with Gasteiger partial charge in [0.05, 0.1) is 24.1 Å². The van der Waals surface area contributed by atoms with Gasteiger partial charge in [0.25, 0.3) is 11.5 Å². The van der Waals surface area contributed by atoms with Crippen LogP contribution < -0.4 is 46.7 Å². The summed E-state index contributed by atoms with van der Waals surface area (Å²) in [6.07, 6.45) is -0.250. The highest BCUT2D eigenvalue weighted by Crippen LogP contribution is 2.66. The number of carboxylic acids is 1. The SMILES string of the molecule is Nc1nc2c(ncn2[C@@H]2O[C@H](COP(=O)(O)OP(=O)(O)OP(=O)(O)O)[C@@H](OC(=O)NCCNC(=O)c3ccc(C(=O)O)c(C4=c5cc6c7c(c5Oc5c4cc4c8c5CCCN8CCC4)CCC[N+]=7CCC6)c3)[C@H]2O)c(=O)[nH]1. The fourth-order valence-corrected chi connectivity index (χ4v) is 14.3. The molecule has 5 aromatic rings. The van der Waals surface area contributed by atoms with Gasteiger partial charge in [-0.3, -0.25) is 23.7 Å². The number of hydrogen-bond donors (Lipinski definition) is 10. The summed E-state index contributed by atoms with van der Waals surface area (Å²) in [5, 5.41) is 29.3. The predicted molar refractivity (Wildman–Crippen MR) is 267 cm³/mol. The van der Waals surface area contributed by atoms with Gasteiger partial charge < -0.3 is 65.3 Å². The van der Waals surface area contributed by atoms with E-state index in [9.17, 15) is 52.9 Å². The Labute approximate surface area is 434 Å². The maximum absolute atomic E-state index is 14.0. The van der Waals surface area contributed by atoms with Crippen molar-refractivity contribution < 1.29 is 85.2 Å². The van der Waals surface area contributed by atoms with E-state index in [0.29, 0.717) is 22.6 Å². The number of alkyl carbamates (subject to hydrolysis) is 1. The van der Waals surface area contributed by atoms with Crippen LogP contribution in [0, 0.1) is 0 Å². The number of carboxylic acid groups (broad SMARTS) is 1. The van der Waals surface area contributed by atoms with Crippen LogP contribution in [0.5, 0.6) is 11.5 Å². The Morgan fingerprint density at radius 1 is 0.883 bits per heavy atom. The van der Waals surface area contributed by atoms with Crippen LogP contribution in [-0.4, -0.2) is 131 Å². The number of ether oxygens (including phenoxy) is 3. The maximum Gasteiger partial charge on any atom is 0.490 e. The van der Waals surface area contributed by atoms with Crippen molar-refractivity contribution in [2.75, 3.05) is 56.5 Å². The highest BCUT2D eigenvalue weighted by Gasteiger charge is 2.50. The first-order valence-electron chi connectivity index (χ1n) is 24.5.